The zero-order valence-corrected chi connectivity index (χ0v) is 8.18. The van der Waals surface area contributed by atoms with Gasteiger partial charge in [-0.1, -0.05) is 0 Å². The Kier molecular flexibility index (Phi) is 0.914. The van der Waals surface area contributed by atoms with Gasteiger partial charge in [-0.05, 0) is 0 Å². The molecular weight excluding hydrogens is 192 g/mol. The summed E-state index contributed by atoms with van der Waals surface area (Å²) >= 11 is 0. The standard InChI is InChI=1S/C9H18N6/c1-13(2)7-10-8(14(3)4)12-9(11-7)15(5)6/h1-6H3/i1D3,2D3,3D3,4D3. The lowest BCUT2D eigenvalue weighted by atomic mass is 10.7. The molecular formula is C9H18N6. The quantitative estimate of drug-likeness (QED) is 0.721. The third-order valence-electron chi connectivity index (χ3n) is 1.40. The normalized spacial score (nSPS) is 25.2. The second-order valence-corrected chi connectivity index (χ2v) is 2.80. The third-order valence-corrected chi connectivity index (χ3v) is 1.40. The van der Waals surface area contributed by atoms with Crippen LogP contribution in [0.5, 0.6) is 0 Å². The Labute approximate surface area is 107 Å². The topological polar surface area (TPSA) is 48.4 Å². The van der Waals surface area contributed by atoms with Crippen molar-refractivity contribution in [3.05, 3.63) is 0 Å². The van der Waals surface area contributed by atoms with Gasteiger partial charge in [0.2, 0.25) is 17.8 Å². The van der Waals surface area contributed by atoms with Crippen LogP contribution in [0.1, 0.15) is 16.4 Å². The maximum Gasteiger partial charge on any atom is 0.231 e. The van der Waals surface area contributed by atoms with E-state index in [0.717, 1.165) is 0 Å². The zero-order valence-electron chi connectivity index (χ0n) is 20.2. The maximum absolute atomic E-state index is 7.43. The van der Waals surface area contributed by atoms with Gasteiger partial charge in [0.05, 0.1) is 0 Å². The van der Waals surface area contributed by atoms with Crippen LogP contribution < -0.4 is 14.7 Å². The number of aromatic nitrogens is 3. The van der Waals surface area contributed by atoms with E-state index in [0.29, 0.717) is 0 Å². The zero-order chi connectivity index (χ0) is 21.6. The second kappa shape index (κ2) is 4.29. The molecule has 0 bridgehead atoms. The van der Waals surface area contributed by atoms with Gasteiger partial charge in [-0.15, -0.1) is 0 Å². The summed E-state index contributed by atoms with van der Waals surface area (Å²) in [6.07, 6.45) is 0. The molecule has 84 valence electrons. The molecule has 0 atom stereocenters. The van der Waals surface area contributed by atoms with Gasteiger partial charge in [-0.2, -0.15) is 15.0 Å². The minimum atomic E-state index is -3.22. The minimum Gasteiger partial charge on any atom is -0.347 e. The average molecular weight is 222 g/mol. The van der Waals surface area contributed by atoms with Crippen molar-refractivity contribution < 1.29 is 16.4 Å². The maximum atomic E-state index is 7.43. The van der Waals surface area contributed by atoms with Crippen molar-refractivity contribution >= 4 is 17.8 Å². The molecule has 0 spiro atoms. The Morgan fingerprint density at radius 2 is 1.07 bits per heavy atom. The Hall–Kier alpha value is -1.59. The van der Waals surface area contributed by atoms with Crippen molar-refractivity contribution in [3.8, 4) is 0 Å². The summed E-state index contributed by atoms with van der Waals surface area (Å²) in [7, 11) is 2.82. The largest absolute Gasteiger partial charge is 0.347 e. The molecule has 0 amide bonds. The molecule has 0 saturated heterocycles. The second-order valence-electron chi connectivity index (χ2n) is 2.80. The summed E-state index contributed by atoms with van der Waals surface area (Å²) < 4.78 is 89.2. The van der Waals surface area contributed by atoms with Crippen molar-refractivity contribution in [3.63, 3.8) is 0 Å². The SMILES string of the molecule is [2H]C([2H])([2H])N(c1nc(N(C)C)nc(N(C([2H])([2H])[2H])C([2H])([2H])[2H])n1)C([2H])([2H])[2H]. The molecule has 1 aromatic heterocycles. The van der Waals surface area contributed by atoms with Crippen LogP contribution in [0.4, 0.5) is 17.8 Å². The van der Waals surface area contributed by atoms with Crippen LogP contribution in [0, 0.1) is 0 Å². The summed E-state index contributed by atoms with van der Waals surface area (Å²) in [4.78, 5) is 12.0. The molecule has 15 heavy (non-hydrogen) atoms. The molecule has 1 aromatic rings. The predicted octanol–water partition coefficient (Wildman–Crippen LogP) is 0.0696. The molecule has 0 radical (unpaired) electrons. The van der Waals surface area contributed by atoms with Crippen molar-refractivity contribution in [2.45, 2.75) is 0 Å². The van der Waals surface area contributed by atoms with E-state index in [2.05, 4.69) is 15.0 Å². The number of anilines is 3. The number of hydrogen-bond acceptors (Lipinski definition) is 6. The molecule has 0 aliphatic heterocycles. The monoisotopic (exact) mass is 222 g/mol. The first-order chi connectivity index (χ1) is 11.8. The average Bonchev–Trinajstić information content (AvgIpc) is 2.30. The Morgan fingerprint density at radius 3 is 1.33 bits per heavy atom. The first-order valence-corrected chi connectivity index (χ1v) is 3.80. The van der Waals surface area contributed by atoms with Gasteiger partial charge in [0, 0.05) is 58.4 Å². The van der Waals surface area contributed by atoms with Crippen LogP contribution in [-0.2, 0) is 0 Å². The smallest absolute Gasteiger partial charge is 0.231 e. The van der Waals surface area contributed by atoms with Gasteiger partial charge in [-0.3, -0.25) is 0 Å². The van der Waals surface area contributed by atoms with Crippen LogP contribution in [0.3, 0.4) is 0 Å². The molecule has 6 heteroatoms. The van der Waals surface area contributed by atoms with E-state index in [1.165, 1.54) is 19.0 Å². The van der Waals surface area contributed by atoms with Gasteiger partial charge >= 0.3 is 0 Å². The fraction of sp³-hybridized carbons (Fsp3) is 0.667. The molecule has 1 heterocycles. The van der Waals surface area contributed by atoms with Crippen LogP contribution in [-0.4, -0.2) is 57.0 Å². The first-order valence-electron chi connectivity index (χ1n) is 9.80. The van der Waals surface area contributed by atoms with Crippen molar-refractivity contribution in [2.24, 2.45) is 0 Å². The summed E-state index contributed by atoms with van der Waals surface area (Å²) in [5, 5.41) is 0. The van der Waals surface area contributed by atoms with Crippen LogP contribution >= 0.6 is 0 Å². The predicted molar refractivity (Wildman–Crippen MR) is 62.8 cm³/mol. The van der Waals surface area contributed by atoms with Crippen molar-refractivity contribution in [1.29, 1.82) is 0 Å². The summed E-state index contributed by atoms with van der Waals surface area (Å²) in [5.74, 6) is -2.16. The Balaban J connectivity index is 3.81. The number of nitrogens with zero attached hydrogens (tertiary/aromatic N) is 6. The number of hydrogen-bond donors (Lipinski definition) is 0. The van der Waals surface area contributed by atoms with Gasteiger partial charge in [0.1, 0.15) is 0 Å². The third kappa shape index (κ3) is 2.68. The molecule has 0 N–H and O–H groups in total. The van der Waals surface area contributed by atoms with Crippen molar-refractivity contribution in [1.82, 2.24) is 15.0 Å². The van der Waals surface area contributed by atoms with E-state index in [9.17, 15) is 0 Å². The van der Waals surface area contributed by atoms with Gasteiger partial charge < -0.3 is 14.7 Å². The summed E-state index contributed by atoms with van der Waals surface area (Å²) in [6.45, 7) is -12.9. The molecule has 0 unspecified atom stereocenters. The molecule has 1 rings (SSSR count). The molecule has 0 saturated carbocycles. The number of rotatable bonds is 3. The fourth-order valence-electron chi connectivity index (χ4n) is 0.743. The van der Waals surface area contributed by atoms with E-state index in [-0.39, 0.29) is 15.7 Å². The highest BCUT2D eigenvalue weighted by Crippen LogP contribution is 2.14. The van der Waals surface area contributed by atoms with Crippen LogP contribution in [0.2, 0.25) is 0 Å². The molecule has 0 aliphatic rings. The highest BCUT2D eigenvalue weighted by atomic mass is 15.4. The highest BCUT2D eigenvalue weighted by molar-refractivity contribution is 5.44. The lowest BCUT2D eigenvalue weighted by molar-refractivity contribution is 0.886. The van der Waals surface area contributed by atoms with Gasteiger partial charge in [-0.25, -0.2) is 0 Å². The lowest BCUT2D eigenvalue weighted by Gasteiger charge is -2.18. The Morgan fingerprint density at radius 1 is 0.733 bits per heavy atom. The minimum absolute atomic E-state index is 0.0879. The van der Waals surface area contributed by atoms with Gasteiger partial charge in [0.15, 0.2) is 0 Å². The molecule has 0 fully saturated rings. The first kappa shape index (κ1) is 3.20. The van der Waals surface area contributed by atoms with E-state index < -0.39 is 39.8 Å². The Bertz CT molecular complexity index is 581. The van der Waals surface area contributed by atoms with Crippen molar-refractivity contribution in [2.75, 3.05) is 56.7 Å². The van der Waals surface area contributed by atoms with E-state index in [1.807, 2.05) is 0 Å². The van der Waals surface area contributed by atoms with E-state index >= 15 is 0 Å². The van der Waals surface area contributed by atoms with Crippen LogP contribution in [0.25, 0.3) is 0 Å². The molecule has 0 aromatic carbocycles. The van der Waals surface area contributed by atoms with E-state index in [4.69, 9.17) is 16.4 Å². The van der Waals surface area contributed by atoms with Gasteiger partial charge in [0.25, 0.3) is 0 Å². The molecule has 6 nitrogen and oxygen atoms in total. The summed E-state index contributed by atoms with van der Waals surface area (Å²) in [6, 6.07) is 0. The fourth-order valence-corrected chi connectivity index (χ4v) is 0.743. The highest BCUT2D eigenvalue weighted by Gasteiger charge is 2.10. The van der Waals surface area contributed by atoms with E-state index in [1.54, 1.807) is 0 Å². The summed E-state index contributed by atoms with van der Waals surface area (Å²) in [5.41, 5.74) is 0. The van der Waals surface area contributed by atoms with Crippen LogP contribution in [0.15, 0.2) is 0 Å². The molecule has 0 aliphatic carbocycles. The lowest BCUT2D eigenvalue weighted by Crippen LogP contribution is -2.22.